The van der Waals surface area contributed by atoms with Gasteiger partial charge < -0.3 is 15.0 Å². The monoisotopic (exact) mass is 467 g/mol. The smallest absolute Gasteiger partial charge is 0.251 e. The number of carbonyl (C=O) groups excluding carboxylic acids is 1. The van der Waals surface area contributed by atoms with Crippen molar-refractivity contribution in [3.05, 3.63) is 95.6 Å². The van der Waals surface area contributed by atoms with Gasteiger partial charge in [0.15, 0.2) is 0 Å². The number of carbonyl (C=O) groups is 1. The Balaban J connectivity index is 1.71. The van der Waals surface area contributed by atoms with Crippen molar-refractivity contribution in [3.63, 3.8) is 0 Å². The van der Waals surface area contributed by atoms with E-state index >= 15 is 0 Å². The van der Waals surface area contributed by atoms with E-state index in [2.05, 4.69) is 10.0 Å². The van der Waals surface area contributed by atoms with Gasteiger partial charge in [-0.3, -0.25) is 4.79 Å². The van der Waals surface area contributed by atoms with Crippen LogP contribution in [0.2, 0.25) is 0 Å². The first-order valence-electron chi connectivity index (χ1n) is 10.5. The number of nitrogens with one attached hydrogen (secondary N) is 2. The van der Waals surface area contributed by atoms with Crippen molar-refractivity contribution in [1.82, 2.24) is 14.9 Å². The molecule has 33 heavy (non-hydrogen) atoms. The molecular formula is C25H29N3O4S. The van der Waals surface area contributed by atoms with E-state index in [1.165, 1.54) is 12.1 Å². The molecule has 8 heteroatoms. The zero-order valence-electron chi connectivity index (χ0n) is 19.0. The summed E-state index contributed by atoms with van der Waals surface area (Å²) in [5.41, 5.74) is 2.07. The van der Waals surface area contributed by atoms with Crippen molar-refractivity contribution in [1.29, 1.82) is 0 Å². The standard InChI is InChI=1S/C25H29N3O4S/c1-28(2)23(22-14-7-8-15-24(22)32-3)18-26-25(29)20-12-9-13-21(16-20)33(30,31)27-17-19-10-5-4-6-11-19/h4-16,23,27H,17-18H2,1-3H3,(H,26,29)/t23-/m1/s1. The Kier molecular flexibility index (Phi) is 8.21. The Morgan fingerprint density at radius 2 is 1.67 bits per heavy atom. The van der Waals surface area contributed by atoms with Crippen LogP contribution in [0.3, 0.4) is 0 Å². The molecule has 2 N–H and O–H groups in total. The molecule has 0 saturated carbocycles. The lowest BCUT2D eigenvalue weighted by molar-refractivity contribution is 0.0941. The molecule has 0 bridgehead atoms. The molecule has 0 unspecified atom stereocenters. The number of hydrogen-bond donors (Lipinski definition) is 2. The predicted molar refractivity (Wildman–Crippen MR) is 129 cm³/mol. The fraction of sp³-hybridized carbons (Fsp3) is 0.240. The fourth-order valence-electron chi connectivity index (χ4n) is 3.47. The molecular weight excluding hydrogens is 438 g/mol. The van der Waals surface area contributed by atoms with Crippen LogP contribution >= 0.6 is 0 Å². The van der Waals surface area contributed by atoms with E-state index in [1.807, 2.05) is 73.6 Å². The van der Waals surface area contributed by atoms with Crippen LogP contribution in [0.4, 0.5) is 0 Å². The molecule has 3 rings (SSSR count). The van der Waals surface area contributed by atoms with Gasteiger partial charge in [0.2, 0.25) is 10.0 Å². The second-order valence-electron chi connectivity index (χ2n) is 7.77. The molecule has 0 aliphatic rings. The molecule has 174 valence electrons. The SMILES string of the molecule is COc1ccccc1[C@@H](CNC(=O)c1cccc(S(=O)(=O)NCc2ccccc2)c1)N(C)C. The van der Waals surface area contributed by atoms with E-state index in [1.54, 1.807) is 19.2 Å². The molecule has 1 amide bonds. The van der Waals surface area contributed by atoms with Crippen molar-refractivity contribution in [2.75, 3.05) is 27.7 Å². The predicted octanol–water partition coefficient (Wildman–Crippen LogP) is 3.21. The van der Waals surface area contributed by atoms with Gasteiger partial charge in [0, 0.05) is 24.2 Å². The van der Waals surface area contributed by atoms with Gasteiger partial charge in [0.1, 0.15) is 5.75 Å². The van der Waals surface area contributed by atoms with Gasteiger partial charge in [-0.15, -0.1) is 0 Å². The average Bonchev–Trinajstić information content (AvgIpc) is 2.83. The van der Waals surface area contributed by atoms with Gasteiger partial charge >= 0.3 is 0 Å². The number of para-hydroxylation sites is 1. The molecule has 0 aliphatic carbocycles. The molecule has 0 aliphatic heterocycles. The lowest BCUT2D eigenvalue weighted by atomic mass is 10.0. The van der Waals surface area contributed by atoms with Gasteiger partial charge in [-0.1, -0.05) is 54.6 Å². The van der Waals surface area contributed by atoms with E-state index in [0.717, 1.165) is 16.9 Å². The summed E-state index contributed by atoms with van der Waals surface area (Å²) in [5, 5.41) is 2.92. The number of benzene rings is 3. The Morgan fingerprint density at radius 1 is 0.970 bits per heavy atom. The Morgan fingerprint density at radius 3 is 2.36 bits per heavy atom. The molecule has 7 nitrogen and oxygen atoms in total. The van der Waals surface area contributed by atoms with Crippen molar-refractivity contribution in [3.8, 4) is 5.75 Å². The van der Waals surface area contributed by atoms with Crippen LogP contribution in [0.25, 0.3) is 0 Å². The van der Waals surface area contributed by atoms with E-state index < -0.39 is 10.0 Å². The molecule has 0 heterocycles. The summed E-state index contributed by atoms with van der Waals surface area (Å²) in [5.74, 6) is 0.389. The van der Waals surface area contributed by atoms with Crippen molar-refractivity contribution >= 4 is 15.9 Å². The number of ether oxygens (including phenoxy) is 1. The first-order chi connectivity index (χ1) is 15.8. The lowest BCUT2D eigenvalue weighted by Gasteiger charge is -2.26. The summed E-state index contributed by atoms with van der Waals surface area (Å²) in [6.07, 6.45) is 0. The molecule has 3 aromatic rings. The first kappa shape index (κ1) is 24.4. The van der Waals surface area contributed by atoms with Crippen LogP contribution in [-0.4, -0.2) is 47.0 Å². The van der Waals surface area contributed by atoms with Crippen LogP contribution in [0.15, 0.2) is 83.8 Å². The van der Waals surface area contributed by atoms with Crippen LogP contribution in [0.1, 0.15) is 27.5 Å². The minimum absolute atomic E-state index is 0.0416. The molecule has 3 aromatic carbocycles. The minimum atomic E-state index is -3.77. The van der Waals surface area contributed by atoms with Gasteiger partial charge in [-0.2, -0.15) is 0 Å². The number of sulfonamides is 1. The molecule has 0 saturated heterocycles. The highest BCUT2D eigenvalue weighted by Crippen LogP contribution is 2.27. The highest BCUT2D eigenvalue weighted by atomic mass is 32.2. The summed E-state index contributed by atoms with van der Waals surface area (Å²) in [7, 11) is 1.70. The number of likely N-dealkylation sites (N-methyl/N-ethyl adjacent to an activating group) is 1. The molecule has 0 radical (unpaired) electrons. The van der Waals surface area contributed by atoms with E-state index in [0.29, 0.717) is 6.54 Å². The zero-order chi connectivity index (χ0) is 23.8. The van der Waals surface area contributed by atoms with Crippen LogP contribution in [0.5, 0.6) is 5.75 Å². The normalized spacial score (nSPS) is 12.4. The molecule has 0 spiro atoms. The van der Waals surface area contributed by atoms with Gasteiger partial charge in [0.25, 0.3) is 5.91 Å². The lowest BCUT2D eigenvalue weighted by Crippen LogP contribution is -2.34. The van der Waals surface area contributed by atoms with E-state index in [4.69, 9.17) is 4.74 Å². The average molecular weight is 468 g/mol. The minimum Gasteiger partial charge on any atom is -0.496 e. The molecule has 0 aromatic heterocycles. The maximum Gasteiger partial charge on any atom is 0.251 e. The fourth-order valence-corrected chi connectivity index (χ4v) is 4.53. The quantitative estimate of drug-likeness (QED) is 0.478. The van der Waals surface area contributed by atoms with Crippen molar-refractivity contribution in [2.45, 2.75) is 17.5 Å². The maximum atomic E-state index is 12.8. The highest BCUT2D eigenvalue weighted by Gasteiger charge is 2.20. The third-order valence-electron chi connectivity index (χ3n) is 5.29. The number of hydrogen-bond acceptors (Lipinski definition) is 5. The maximum absolute atomic E-state index is 12.8. The third kappa shape index (κ3) is 6.41. The first-order valence-corrected chi connectivity index (χ1v) is 12.0. The highest BCUT2D eigenvalue weighted by molar-refractivity contribution is 7.89. The zero-order valence-corrected chi connectivity index (χ0v) is 19.8. The van der Waals surface area contributed by atoms with Crippen molar-refractivity contribution < 1.29 is 17.9 Å². The van der Waals surface area contributed by atoms with Gasteiger partial charge in [0.05, 0.1) is 18.0 Å². The number of rotatable bonds is 10. The summed E-state index contributed by atoms with van der Waals surface area (Å²) in [4.78, 5) is 14.9. The second kappa shape index (κ2) is 11.1. The third-order valence-corrected chi connectivity index (χ3v) is 6.69. The summed E-state index contributed by atoms with van der Waals surface area (Å²) in [6.45, 7) is 0.498. The number of nitrogens with zero attached hydrogens (tertiary/aromatic N) is 1. The van der Waals surface area contributed by atoms with E-state index in [-0.39, 0.29) is 29.0 Å². The molecule has 0 fully saturated rings. The topological polar surface area (TPSA) is 87.7 Å². The van der Waals surface area contributed by atoms with Crippen molar-refractivity contribution in [2.24, 2.45) is 0 Å². The Labute approximate surface area is 195 Å². The van der Waals surface area contributed by atoms with Crippen LogP contribution < -0.4 is 14.8 Å². The number of methoxy groups -OCH3 is 1. The number of amides is 1. The van der Waals surface area contributed by atoms with E-state index in [9.17, 15) is 13.2 Å². The van der Waals surface area contributed by atoms with Gasteiger partial charge in [-0.25, -0.2) is 13.1 Å². The second-order valence-corrected chi connectivity index (χ2v) is 9.54. The Hall–Kier alpha value is -3.20. The summed E-state index contributed by atoms with van der Waals surface area (Å²) >= 11 is 0. The van der Waals surface area contributed by atoms with Crippen LogP contribution in [-0.2, 0) is 16.6 Å². The largest absolute Gasteiger partial charge is 0.496 e. The van der Waals surface area contributed by atoms with Gasteiger partial charge in [-0.05, 0) is 43.9 Å². The molecule has 1 atom stereocenters. The summed E-state index contributed by atoms with van der Waals surface area (Å²) < 4.78 is 33.5. The van der Waals surface area contributed by atoms with Crippen LogP contribution in [0, 0.1) is 0 Å². The summed E-state index contributed by atoms with van der Waals surface area (Å²) in [6, 6.07) is 22.8. The Bertz CT molecular complexity index is 1180.